The minimum Gasteiger partial charge on any atom is -0.462 e. The molecule has 5 atom stereocenters. The van der Waals surface area contributed by atoms with Gasteiger partial charge in [-0.05, 0) is 63.2 Å². The highest BCUT2D eigenvalue weighted by molar-refractivity contribution is 7.47. The lowest BCUT2D eigenvalue weighted by molar-refractivity contribution is -0.161. The zero-order valence-electron chi connectivity index (χ0n) is 67.1. The normalized spacial score (nSPS) is 14.0. The predicted octanol–water partition coefficient (Wildman–Crippen LogP) is 25.0. The van der Waals surface area contributed by atoms with Crippen molar-refractivity contribution in [1.29, 1.82) is 0 Å². The molecule has 0 saturated heterocycles. The van der Waals surface area contributed by atoms with Gasteiger partial charge in [-0.2, -0.15) is 0 Å². The number of allylic oxidation sites excluding steroid dienone is 4. The van der Waals surface area contributed by atoms with Crippen LogP contribution in [0.3, 0.4) is 0 Å². The molecule has 103 heavy (non-hydrogen) atoms. The molecule has 0 saturated carbocycles. The van der Waals surface area contributed by atoms with Crippen LogP contribution < -0.4 is 0 Å². The monoisotopic (exact) mass is 1500 g/mol. The molecule has 0 aliphatic heterocycles. The lowest BCUT2D eigenvalue weighted by Crippen LogP contribution is -2.30. The van der Waals surface area contributed by atoms with Gasteiger partial charge in [-0.3, -0.25) is 37.3 Å². The van der Waals surface area contributed by atoms with Gasteiger partial charge in [0.25, 0.3) is 0 Å². The van der Waals surface area contributed by atoms with Crippen molar-refractivity contribution in [3.63, 3.8) is 0 Å². The molecular formula is C84H160O17P2. The van der Waals surface area contributed by atoms with Gasteiger partial charge < -0.3 is 33.8 Å². The van der Waals surface area contributed by atoms with Crippen LogP contribution in [0.2, 0.25) is 0 Å². The topological polar surface area (TPSA) is 237 Å². The Morgan fingerprint density at radius 2 is 0.524 bits per heavy atom. The van der Waals surface area contributed by atoms with Crippen LogP contribution in [-0.2, 0) is 65.4 Å². The molecular weight excluding hydrogens is 1340 g/mol. The third kappa shape index (κ3) is 77.5. The summed E-state index contributed by atoms with van der Waals surface area (Å²) in [6.45, 7) is 9.62. The van der Waals surface area contributed by atoms with Crippen molar-refractivity contribution in [2.45, 2.75) is 439 Å². The lowest BCUT2D eigenvalue weighted by Gasteiger charge is -2.21. The molecule has 0 heterocycles. The molecule has 0 spiro atoms. The number of unbranched alkanes of at least 4 members (excludes halogenated alkanes) is 48. The van der Waals surface area contributed by atoms with Crippen molar-refractivity contribution < 1.29 is 80.2 Å². The fourth-order valence-electron chi connectivity index (χ4n) is 12.5. The Morgan fingerprint density at radius 1 is 0.301 bits per heavy atom. The van der Waals surface area contributed by atoms with Crippen molar-refractivity contribution in [3.8, 4) is 0 Å². The van der Waals surface area contributed by atoms with Crippen LogP contribution in [0.1, 0.15) is 420 Å². The van der Waals surface area contributed by atoms with E-state index in [2.05, 4.69) is 65.8 Å². The maximum absolute atomic E-state index is 13.1. The number of hydrogen-bond acceptors (Lipinski definition) is 15. The summed E-state index contributed by atoms with van der Waals surface area (Å²) in [5.74, 6) is -0.508. The van der Waals surface area contributed by atoms with E-state index in [1.165, 1.54) is 218 Å². The summed E-state index contributed by atoms with van der Waals surface area (Å²) in [4.78, 5) is 73.0. The van der Waals surface area contributed by atoms with Gasteiger partial charge in [0.05, 0.1) is 26.4 Å². The Kier molecular flexibility index (Phi) is 73.2. The van der Waals surface area contributed by atoms with Gasteiger partial charge in [0, 0.05) is 25.7 Å². The first kappa shape index (κ1) is 101. The number of phosphoric acid groups is 2. The van der Waals surface area contributed by atoms with Gasteiger partial charge in [0.2, 0.25) is 0 Å². The zero-order valence-corrected chi connectivity index (χ0v) is 68.9. The van der Waals surface area contributed by atoms with Gasteiger partial charge in [0.15, 0.2) is 12.2 Å². The Balaban J connectivity index is 5.22. The van der Waals surface area contributed by atoms with E-state index >= 15 is 0 Å². The number of rotatable bonds is 81. The maximum atomic E-state index is 13.1. The number of hydrogen-bond donors (Lipinski definition) is 3. The van der Waals surface area contributed by atoms with E-state index in [0.29, 0.717) is 25.7 Å². The fourth-order valence-corrected chi connectivity index (χ4v) is 14.1. The summed E-state index contributed by atoms with van der Waals surface area (Å²) in [6, 6.07) is 0. The first-order chi connectivity index (χ1) is 49.9. The van der Waals surface area contributed by atoms with E-state index in [-0.39, 0.29) is 25.7 Å². The fraction of sp³-hybridized carbons (Fsp3) is 0.905. The van der Waals surface area contributed by atoms with E-state index in [1.807, 2.05) is 0 Å². The molecule has 0 aliphatic carbocycles. The molecule has 0 radical (unpaired) electrons. The predicted molar refractivity (Wildman–Crippen MR) is 423 cm³/mol. The molecule has 0 rings (SSSR count). The molecule has 2 unspecified atom stereocenters. The smallest absolute Gasteiger partial charge is 0.462 e. The van der Waals surface area contributed by atoms with Gasteiger partial charge in [-0.25, -0.2) is 9.13 Å². The van der Waals surface area contributed by atoms with E-state index < -0.39 is 97.5 Å². The summed E-state index contributed by atoms with van der Waals surface area (Å²) < 4.78 is 68.7. The third-order valence-corrected chi connectivity index (χ3v) is 21.0. The van der Waals surface area contributed by atoms with E-state index in [9.17, 15) is 43.2 Å². The molecule has 0 fully saturated rings. The van der Waals surface area contributed by atoms with Crippen LogP contribution in [0.15, 0.2) is 24.3 Å². The molecule has 0 aromatic rings. The van der Waals surface area contributed by atoms with Crippen LogP contribution in [0.4, 0.5) is 0 Å². The number of phosphoric ester groups is 2. The molecule has 3 N–H and O–H groups in total. The Morgan fingerprint density at radius 3 is 0.796 bits per heavy atom. The Labute approximate surface area is 631 Å². The van der Waals surface area contributed by atoms with E-state index in [1.54, 1.807) is 0 Å². The Hall–Kier alpha value is -2.46. The van der Waals surface area contributed by atoms with Crippen molar-refractivity contribution in [1.82, 2.24) is 0 Å². The van der Waals surface area contributed by atoms with Crippen molar-refractivity contribution in [3.05, 3.63) is 24.3 Å². The molecule has 0 aromatic heterocycles. The highest BCUT2D eigenvalue weighted by Gasteiger charge is 2.30. The Bertz CT molecular complexity index is 2070. The summed E-state index contributed by atoms with van der Waals surface area (Å²) >= 11 is 0. The molecule has 0 aromatic carbocycles. The van der Waals surface area contributed by atoms with E-state index in [4.69, 9.17) is 37.0 Å². The lowest BCUT2D eigenvalue weighted by atomic mass is 10.0. The van der Waals surface area contributed by atoms with Crippen molar-refractivity contribution in [2.24, 2.45) is 11.8 Å². The second-order valence-electron chi connectivity index (χ2n) is 30.5. The third-order valence-electron chi connectivity index (χ3n) is 19.1. The van der Waals surface area contributed by atoms with E-state index in [0.717, 1.165) is 121 Å². The van der Waals surface area contributed by atoms with Crippen LogP contribution in [0, 0.1) is 11.8 Å². The molecule has 0 amide bonds. The van der Waals surface area contributed by atoms with Gasteiger partial charge in [-0.15, -0.1) is 0 Å². The number of aliphatic hydroxyl groups is 1. The average molecular weight is 1500 g/mol. The van der Waals surface area contributed by atoms with Crippen molar-refractivity contribution >= 4 is 39.5 Å². The van der Waals surface area contributed by atoms with Crippen LogP contribution >= 0.6 is 15.6 Å². The minimum atomic E-state index is -4.97. The summed E-state index contributed by atoms with van der Waals surface area (Å²) in [7, 11) is -9.93. The summed E-state index contributed by atoms with van der Waals surface area (Å²) in [5.41, 5.74) is 0. The molecule has 0 bridgehead atoms. The second-order valence-corrected chi connectivity index (χ2v) is 33.4. The van der Waals surface area contributed by atoms with Gasteiger partial charge in [0.1, 0.15) is 19.3 Å². The largest absolute Gasteiger partial charge is 0.472 e. The number of carbonyl (C=O) groups is 4. The van der Waals surface area contributed by atoms with Crippen molar-refractivity contribution in [2.75, 3.05) is 39.6 Å². The average Bonchev–Trinajstić information content (AvgIpc) is 0.908. The molecule has 19 heteroatoms. The zero-order chi connectivity index (χ0) is 75.6. The number of carbonyl (C=O) groups excluding carboxylic acids is 4. The minimum absolute atomic E-state index is 0.0851. The summed E-state index contributed by atoms with van der Waals surface area (Å²) in [6.07, 6.45) is 69.0. The molecule has 17 nitrogen and oxygen atoms in total. The molecule has 0 aliphatic rings. The SMILES string of the molecule is CCCCCC/C=C\C=C/CCCCCCCC(=O)O[C@H](COC(=O)CCCCCCCCCC)COP(=O)(O)OC[C@H](O)COP(=O)(O)OC[C@@H](COC(=O)CCCCCCCCCCCCCCCCCCC(C)C)OC(=O)CCCCCCCCCCCCCCCCCCCCC(C)C. The number of aliphatic hydroxyl groups excluding tert-OH is 1. The number of esters is 4. The number of ether oxygens (including phenoxy) is 4. The first-order valence-electron chi connectivity index (χ1n) is 42.8. The second kappa shape index (κ2) is 75.0. The first-order valence-corrected chi connectivity index (χ1v) is 45.8. The van der Waals surface area contributed by atoms with Crippen LogP contribution in [-0.4, -0.2) is 96.7 Å². The standard InChI is InChI=1S/C84H160O17P2/c1-7-9-11-13-15-17-18-19-26-34-39-44-50-56-62-68-83(88)100-79(72-94-81(86)66-60-54-48-16-14-12-10-8-2)74-98-102(90,91)96-70-78(85)71-97-103(92,93)99-75-80(73-95-82(87)67-61-55-49-43-38-33-29-25-24-28-32-37-42-47-53-59-65-77(5)6)101-84(89)69-63-57-51-45-40-35-30-23-21-20-22-27-31-36-41-46-52-58-64-76(3)4/h17-19,26,76-80,85H,7-16,20-25,27-75H2,1-6H3,(H,90,91)(H,92,93)/b18-17-,26-19-/t78-,79+,80+/m0/s1. The molecule has 608 valence electrons. The maximum Gasteiger partial charge on any atom is 0.472 e. The summed E-state index contributed by atoms with van der Waals surface area (Å²) in [5, 5.41) is 10.6. The van der Waals surface area contributed by atoms with Crippen LogP contribution in [0.5, 0.6) is 0 Å². The van der Waals surface area contributed by atoms with Crippen LogP contribution in [0.25, 0.3) is 0 Å². The highest BCUT2D eigenvalue weighted by Crippen LogP contribution is 2.45. The highest BCUT2D eigenvalue weighted by atomic mass is 31.2. The quantitative estimate of drug-likeness (QED) is 0.0169. The van der Waals surface area contributed by atoms with Gasteiger partial charge >= 0.3 is 39.5 Å². The van der Waals surface area contributed by atoms with Gasteiger partial charge in [-0.1, -0.05) is 368 Å².